The molecule has 5 atom stereocenters. The number of benzene rings is 8. The summed E-state index contributed by atoms with van der Waals surface area (Å²) >= 11 is 0. The quantitative estimate of drug-likeness (QED) is 0.155. The van der Waals surface area contributed by atoms with Gasteiger partial charge in [0, 0.05) is 38.5 Å². The van der Waals surface area contributed by atoms with Gasteiger partial charge in [0.25, 0.3) is 0 Å². The van der Waals surface area contributed by atoms with Crippen molar-refractivity contribution in [2.24, 2.45) is 23.2 Å². The third-order valence-electron chi connectivity index (χ3n) is 18.2. The highest BCUT2D eigenvalue weighted by molar-refractivity contribution is 6.09. The van der Waals surface area contributed by atoms with Gasteiger partial charge in [0.15, 0.2) is 0 Å². The maximum Gasteiger partial charge on any atom is 0.0541 e. The second-order valence-electron chi connectivity index (χ2n) is 21.5. The van der Waals surface area contributed by atoms with E-state index in [1.165, 1.54) is 127 Å². The summed E-state index contributed by atoms with van der Waals surface area (Å²) in [5.41, 5.74) is 22.7. The zero-order valence-corrected chi connectivity index (χ0v) is 38.6. The van der Waals surface area contributed by atoms with Crippen LogP contribution in [0.15, 0.2) is 176 Å². The van der Waals surface area contributed by atoms with E-state index in [0.29, 0.717) is 10.8 Å². The van der Waals surface area contributed by atoms with E-state index in [9.17, 15) is 0 Å². The molecular weight excluding hydrogens is 797 g/mol. The normalized spacial score (nSPS) is 23.8. The molecule has 0 saturated heterocycles. The van der Waals surface area contributed by atoms with Crippen LogP contribution >= 0.6 is 0 Å². The van der Waals surface area contributed by atoms with Gasteiger partial charge in [0.2, 0.25) is 0 Å². The van der Waals surface area contributed by atoms with Crippen molar-refractivity contribution in [1.29, 1.82) is 0 Å². The van der Waals surface area contributed by atoms with Crippen LogP contribution in [-0.4, -0.2) is 4.57 Å². The predicted octanol–water partition coefficient (Wildman–Crippen LogP) is 17.0. The van der Waals surface area contributed by atoms with E-state index in [2.05, 4.69) is 213 Å². The molecule has 1 spiro atoms. The minimum Gasteiger partial charge on any atom is -0.309 e. The summed E-state index contributed by atoms with van der Waals surface area (Å²) in [5, 5.41) is 2.54. The first-order valence-corrected chi connectivity index (χ1v) is 24.7. The third-order valence-corrected chi connectivity index (χ3v) is 18.2. The Morgan fingerprint density at radius 2 is 1.20 bits per heavy atom. The molecule has 66 heavy (non-hydrogen) atoms. The number of anilines is 3. The molecule has 4 bridgehead atoms. The van der Waals surface area contributed by atoms with Crippen molar-refractivity contribution < 1.29 is 0 Å². The molecule has 15 rings (SSSR count). The second kappa shape index (κ2) is 13.7. The van der Waals surface area contributed by atoms with E-state index in [1.807, 2.05) is 0 Å². The molecule has 6 aliphatic carbocycles. The van der Waals surface area contributed by atoms with Crippen molar-refractivity contribution >= 4 is 38.9 Å². The maximum absolute atomic E-state index is 2.58. The van der Waals surface area contributed by atoms with Gasteiger partial charge in [-0.05, 0) is 186 Å². The summed E-state index contributed by atoms with van der Waals surface area (Å²) in [6.07, 6.45) is 8.82. The first-order chi connectivity index (χ1) is 32.2. The van der Waals surface area contributed by atoms with Crippen LogP contribution in [0.4, 0.5) is 17.1 Å². The van der Waals surface area contributed by atoms with Crippen molar-refractivity contribution in [2.75, 3.05) is 4.90 Å². The molecule has 1 heterocycles. The van der Waals surface area contributed by atoms with Crippen molar-refractivity contribution in [3.8, 4) is 39.1 Å². The Labute approximate surface area is 389 Å². The Kier molecular flexibility index (Phi) is 8.02. The summed E-state index contributed by atoms with van der Waals surface area (Å²) < 4.78 is 2.45. The first-order valence-electron chi connectivity index (χ1n) is 24.7. The highest BCUT2D eigenvalue weighted by Gasteiger charge is 2.76. The maximum atomic E-state index is 2.58. The Morgan fingerprint density at radius 1 is 0.530 bits per heavy atom. The van der Waals surface area contributed by atoms with Crippen LogP contribution in [0.3, 0.4) is 0 Å². The number of rotatable bonds is 7. The van der Waals surface area contributed by atoms with Crippen molar-refractivity contribution in [3.05, 3.63) is 204 Å². The van der Waals surface area contributed by atoms with E-state index >= 15 is 0 Å². The zero-order chi connectivity index (χ0) is 44.1. The van der Waals surface area contributed by atoms with Gasteiger partial charge in [-0.2, -0.15) is 0 Å². The van der Waals surface area contributed by atoms with Crippen LogP contribution in [0.25, 0.3) is 60.9 Å². The third kappa shape index (κ3) is 5.08. The van der Waals surface area contributed by atoms with Crippen LogP contribution in [-0.2, 0) is 10.8 Å². The summed E-state index contributed by atoms with van der Waals surface area (Å²) in [6, 6.07) is 67.0. The molecule has 5 fully saturated rings. The summed E-state index contributed by atoms with van der Waals surface area (Å²) in [5.74, 6) is 2.93. The molecular formula is C64H56N2. The van der Waals surface area contributed by atoms with E-state index in [1.54, 1.807) is 5.56 Å². The molecule has 5 unspecified atom stereocenters. The van der Waals surface area contributed by atoms with Crippen LogP contribution in [0, 0.1) is 37.0 Å². The fourth-order valence-electron chi connectivity index (χ4n) is 15.4. The lowest BCUT2D eigenvalue weighted by atomic mass is 9.23. The number of nitrogens with zero attached hydrogens (tertiary/aromatic N) is 2. The van der Waals surface area contributed by atoms with Gasteiger partial charge < -0.3 is 9.47 Å². The highest BCUT2D eigenvalue weighted by Crippen LogP contribution is 2.83. The van der Waals surface area contributed by atoms with Crippen molar-refractivity contribution in [1.82, 2.24) is 4.57 Å². The number of para-hydroxylation sites is 2. The summed E-state index contributed by atoms with van der Waals surface area (Å²) in [4.78, 5) is 2.58. The van der Waals surface area contributed by atoms with Gasteiger partial charge >= 0.3 is 0 Å². The predicted molar refractivity (Wildman–Crippen MR) is 276 cm³/mol. The largest absolute Gasteiger partial charge is 0.309 e. The van der Waals surface area contributed by atoms with Gasteiger partial charge in [0.1, 0.15) is 0 Å². The average molecular weight is 853 g/mol. The van der Waals surface area contributed by atoms with Crippen molar-refractivity contribution in [2.45, 2.75) is 77.0 Å². The summed E-state index contributed by atoms with van der Waals surface area (Å²) in [6.45, 7) is 9.45. The Balaban J connectivity index is 0.937. The van der Waals surface area contributed by atoms with Crippen molar-refractivity contribution in [3.63, 3.8) is 0 Å². The van der Waals surface area contributed by atoms with E-state index in [0.717, 1.165) is 29.1 Å². The number of fused-ring (bicyclic) bond motifs is 6. The van der Waals surface area contributed by atoms with Gasteiger partial charge in [-0.1, -0.05) is 135 Å². The lowest BCUT2D eigenvalue weighted by Crippen LogP contribution is -2.75. The first kappa shape index (κ1) is 38.6. The number of hydrogen-bond donors (Lipinski definition) is 0. The second-order valence-corrected chi connectivity index (χ2v) is 21.5. The number of hydrogen-bond acceptors (Lipinski definition) is 1. The van der Waals surface area contributed by atoms with Crippen LogP contribution in [0.1, 0.15) is 80.2 Å². The lowest BCUT2D eigenvalue weighted by molar-refractivity contribution is -0.275. The molecule has 0 aliphatic heterocycles. The molecule has 322 valence electrons. The SMILES string of the molecule is Cc1cc(-c2ccc(C34CC5CC6CCC63C(C5)C4)cc2)cc(C)c1N(c1ccc2c(c1)C(C)(C)c1ccccc1-2)c1ccc(-n2c3ccccc3c3ccccc32)cc1-c1ccccc1. The molecule has 0 radical (unpaired) electrons. The molecule has 0 amide bonds. The molecule has 9 aromatic rings. The van der Waals surface area contributed by atoms with Crippen LogP contribution in [0.5, 0.6) is 0 Å². The molecule has 1 aromatic heterocycles. The van der Waals surface area contributed by atoms with Crippen LogP contribution in [0.2, 0.25) is 0 Å². The fraction of sp³-hybridized carbons (Fsp3) is 0.250. The molecule has 0 N–H and O–H groups in total. The van der Waals surface area contributed by atoms with Gasteiger partial charge in [0.05, 0.1) is 22.4 Å². The standard InChI is InChI=1S/C64H56N2/c1-40-32-45(43-22-24-46(25-23-43)63-38-42-34-47-30-31-64(47,63)48(35-42)39-63)33-41(2)61(40)66(50-26-28-52-51-16-8-11-19-56(51)62(3,4)57(52)37-50)60-29-27-49(36-55(60)44-14-6-5-7-15-44)65-58-20-12-9-17-53(58)54-18-10-13-21-59(54)65/h5-29,32-33,36-37,42,47-48H,30-31,34-35,38-39H2,1-4H3. The molecule has 2 heteroatoms. The Morgan fingerprint density at radius 3 is 1.91 bits per heavy atom. The molecule has 8 aromatic carbocycles. The lowest BCUT2D eigenvalue weighted by Gasteiger charge is -2.81. The number of aryl methyl sites for hydroxylation is 2. The fourth-order valence-corrected chi connectivity index (χ4v) is 15.4. The molecule has 2 nitrogen and oxygen atoms in total. The topological polar surface area (TPSA) is 8.17 Å². The average Bonchev–Trinajstić information content (AvgIpc) is 3.79. The minimum absolute atomic E-state index is 0.132. The van der Waals surface area contributed by atoms with Gasteiger partial charge in [-0.25, -0.2) is 0 Å². The highest BCUT2D eigenvalue weighted by atomic mass is 15.2. The Hall–Kier alpha value is -6.64. The number of aromatic nitrogens is 1. The van der Waals surface area contributed by atoms with Crippen LogP contribution < -0.4 is 4.90 Å². The van der Waals surface area contributed by atoms with E-state index < -0.39 is 0 Å². The zero-order valence-electron chi connectivity index (χ0n) is 38.6. The monoisotopic (exact) mass is 852 g/mol. The Bertz CT molecular complexity index is 3370. The van der Waals surface area contributed by atoms with Gasteiger partial charge in [-0.15, -0.1) is 0 Å². The van der Waals surface area contributed by atoms with Gasteiger partial charge in [-0.3, -0.25) is 0 Å². The minimum atomic E-state index is -0.132. The summed E-state index contributed by atoms with van der Waals surface area (Å²) in [7, 11) is 0. The smallest absolute Gasteiger partial charge is 0.0541 e. The van der Waals surface area contributed by atoms with E-state index in [-0.39, 0.29) is 5.41 Å². The molecule has 6 aliphatic rings. The molecule has 5 saturated carbocycles. The van der Waals surface area contributed by atoms with E-state index in [4.69, 9.17) is 0 Å².